The van der Waals surface area contributed by atoms with Crippen molar-refractivity contribution in [2.45, 2.75) is 74.9 Å². The molecule has 260 valence electrons. The Bertz CT molecular complexity index is 2210. The van der Waals surface area contributed by atoms with Crippen LogP contribution >= 0.6 is 0 Å². The summed E-state index contributed by atoms with van der Waals surface area (Å²) in [5.74, 6) is -0.552. The number of carbonyl (C=O) groups is 2. The number of amides is 2. The zero-order valence-electron chi connectivity index (χ0n) is 30.6. The van der Waals surface area contributed by atoms with E-state index in [1.165, 1.54) is 33.4 Å². The smallest absolute Gasteiger partial charge is 0.252 e. The minimum atomic E-state index is -0.447. The lowest BCUT2D eigenvalue weighted by Gasteiger charge is -2.15. The number of primary amides is 1. The van der Waals surface area contributed by atoms with Crippen LogP contribution in [0.3, 0.4) is 0 Å². The fourth-order valence-electron chi connectivity index (χ4n) is 6.25. The second-order valence-electron chi connectivity index (χ2n) is 12.8. The number of rotatable bonds is 9. The largest absolute Gasteiger partial charge is 0.378 e. The number of nitrogens with two attached hydrogens (primary N) is 1. The molecule has 0 radical (unpaired) electrons. The molecule has 0 aliphatic rings. The van der Waals surface area contributed by atoms with Crippen LogP contribution in [0, 0.1) is 48.5 Å². The predicted octanol–water partition coefficient (Wildman–Crippen LogP) is 7.07. The number of aromatic nitrogens is 4. The molecule has 6 aromatic rings. The number of hydrogen-bond donors (Lipinski definition) is 4. The Morgan fingerprint density at radius 2 is 1.16 bits per heavy atom. The molecule has 50 heavy (non-hydrogen) atoms. The molecule has 10 nitrogen and oxygen atoms in total. The molecule has 2 aromatic carbocycles. The van der Waals surface area contributed by atoms with Crippen molar-refractivity contribution in [1.29, 1.82) is 0 Å². The monoisotopic (exact) mass is 672 g/mol. The van der Waals surface area contributed by atoms with E-state index in [4.69, 9.17) is 5.73 Å². The summed E-state index contributed by atoms with van der Waals surface area (Å²) in [5, 5.41) is 9.65. The maximum Gasteiger partial charge on any atom is 0.252 e. The van der Waals surface area contributed by atoms with Crippen LogP contribution in [-0.4, -0.2) is 37.6 Å². The lowest BCUT2D eigenvalue weighted by Crippen LogP contribution is -2.19. The maximum absolute atomic E-state index is 12.2. The van der Waals surface area contributed by atoms with E-state index in [1.54, 1.807) is 19.3 Å². The van der Waals surface area contributed by atoms with E-state index < -0.39 is 5.91 Å². The quantitative estimate of drug-likeness (QED) is 0.130. The highest BCUT2D eigenvalue weighted by Gasteiger charge is 2.16. The number of aryl methyl sites for hydroxylation is 8. The van der Waals surface area contributed by atoms with Crippen LogP contribution in [0.25, 0.3) is 11.3 Å². The van der Waals surface area contributed by atoms with Gasteiger partial charge in [-0.25, -0.2) is 9.97 Å². The number of anilines is 2. The first-order valence-corrected chi connectivity index (χ1v) is 16.9. The van der Waals surface area contributed by atoms with Gasteiger partial charge in [-0.15, -0.1) is 0 Å². The topological polar surface area (TPSA) is 131 Å². The Morgan fingerprint density at radius 3 is 1.66 bits per heavy atom. The molecule has 0 spiro atoms. The van der Waals surface area contributed by atoms with Gasteiger partial charge in [-0.05, 0) is 100 Å². The number of fused-ring (bicyclic) bond motifs is 2. The van der Waals surface area contributed by atoms with Gasteiger partial charge in [0.25, 0.3) is 5.91 Å². The summed E-state index contributed by atoms with van der Waals surface area (Å²) in [6.45, 7) is 17.8. The Labute approximate surface area is 294 Å². The third kappa shape index (κ3) is 7.19. The van der Waals surface area contributed by atoms with Gasteiger partial charge in [0.05, 0.1) is 33.9 Å². The lowest BCUT2D eigenvalue weighted by atomic mass is 10.00. The van der Waals surface area contributed by atoms with Gasteiger partial charge in [0.2, 0.25) is 5.91 Å². The van der Waals surface area contributed by atoms with Crippen LogP contribution in [0.2, 0.25) is 0 Å². The van der Waals surface area contributed by atoms with Crippen molar-refractivity contribution in [3.8, 4) is 0 Å². The average Bonchev–Trinajstić information content (AvgIpc) is 3.56. The maximum atomic E-state index is 12.2. The van der Waals surface area contributed by atoms with Crippen molar-refractivity contribution in [2.24, 2.45) is 5.73 Å². The molecule has 0 unspecified atom stereocenters. The van der Waals surface area contributed by atoms with Gasteiger partial charge in [-0.1, -0.05) is 43.3 Å². The number of nitrogens with one attached hydrogen (secondary N) is 3. The van der Waals surface area contributed by atoms with E-state index in [2.05, 4.69) is 90.0 Å². The fourth-order valence-corrected chi connectivity index (χ4v) is 6.25. The van der Waals surface area contributed by atoms with Crippen LogP contribution in [0.15, 0.2) is 60.9 Å². The Hall–Kier alpha value is -5.64. The van der Waals surface area contributed by atoms with Crippen molar-refractivity contribution in [3.63, 3.8) is 0 Å². The third-order valence-electron chi connectivity index (χ3n) is 9.61. The minimum absolute atomic E-state index is 0.106. The highest BCUT2D eigenvalue weighted by Crippen LogP contribution is 2.25. The summed E-state index contributed by atoms with van der Waals surface area (Å²) >= 11 is 0. The number of benzene rings is 2. The van der Waals surface area contributed by atoms with Crippen LogP contribution < -0.4 is 21.7 Å². The molecule has 6 rings (SSSR count). The van der Waals surface area contributed by atoms with Crippen LogP contribution in [0.1, 0.15) is 83.8 Å². The molecule has 4 heterocycles. The lowest BCUT2D eigenvalue weighted by molar-refractivity contribution is 0.0961. The second-order valence-corrected chi connectivity index (χ2v) is 12.8. The van der Waals surface area contributed by atoms with E-state index in [9.17, 15) is 9.59 Å². The van der Waals surface area contributed by atoms with E-state index in [1.807, 2.05) is 48.8 Å². The first-order chi connectivity index (χ1) is 23.8. The van der Waals surface area contributed by atoms with E-state index in [-0.39, 0.29) is 5.91 Å². The Morgan fingerprint density at radius 1 is 0.700 bits per heavy atom. The highest BCUT2D eigenvalue weighted by molar-refractivity contribution is 5.96. The van der Waals surface area contributed by atoms with Gasteiger partial charge >= 0.3 is 0 Å². The molecular formula is C40H48N8O2. The summed E-state index contributed by atoms with van der Waals surface area (Å²) in [6.07, 6.45) is 4.59. The second kappa shape index (κ2) is 14.9. The number of imidazole rings is 2. The normalized spacial score (nSPS) is 11.0. The van der Waals surface area contributed by atoms with Gasteiger partial charge in [0, 0.05) is 43.9 Å². The van der Waals surface area contributed by atoms with Crippen molar-refractivity contribution in [3.05, 3.63) is 128 Å². The molecule has 5 N–H and O–H groups in total. The molecule has 10 heteroatoms. The van der Waals surface area contributed by atoms with Crippen molar-refractivity contribution in [2.75, 3.05) is 17.7 Å². The van der Waals surface area contributed by atoms with E-state index >= 15 is 0 Å². The predicted molar refractivity (Wildman–Crippen MR) is 202 cm³/mol. The molecule has 0 aliphatic heterocycles. The Balaban J connectivity index is 0.000000195. The first-order valence-electron chi connectivity index (χ1n) is 16.9. The summed E-state index contributed by atoms with van der Waals surface area (Å²) in [5.41, 5.74) is 21.5. The van der Waals surface area contributed by atoms with Gasteiger partial charge < -0.3 is 30.5 Å². The van der Waals surface area contributed by atoms with Crippen molar-refractivity contribution >= 4 is 34.5 Å². The Kier molecular flexibility index (Phi) is 10.6. The van der Waals surface area contributed by atoms with Crippen molar-refractivity contribution in [1.82, 2.24) is 24.1 Å². The van der Waals surface area contributed by atoms with Gasteiger partial charge in [0.15, 0.2) is 11.3 Å². The van der Waals surface area contributed by atoms with Crippen molar-refractivity contribution < 1.29 is 9.59 Å². The standard InChI is InChI=1S/C21H26N4O.C19H22N4O/c1-6-16-9-7-8-13(2)18(16)11-23-19-10-17(21(26)22-5)12-25-15(4)14(3)24-20(19)25;1-11-6-5-7-12(2)16(11)9-21-17-8-15(18(20)24)10-23-14(4)13(3)22-19(17)23/h7-10,12,23H,6,11H2,1-5H3,(H,22,26);5-8,10,21H,9H2,1-4H3,(H2,20,24). The van der Waals surface area contributed by atoms with Crippen LogP contribution in [0.4, 0.5) is 11.4 Å². The molecule has 0 saturated carbocycles. The van der Waals surface area contributed by atoms with E-state index in [0.717, 1.165) is 51.9 Å². The summed E-state index contributed by atoms with van der Waals surface area (Å²) in [6, 6.07) is 16.3. The van der Waals surface area contributed by atoms with Gasteiger partial charge in [-0.2, -0.15) is 0 Å². The number of nitrogens with zero attached hydrogens (tertiary/aromatic N) is 4. The van der Waals surface area contributed by atoms with Crippen LogP contribution in [-0.2, 0) is 19.5 Å². The zero-order valence-corrected chi connectivity index (χ0v) is 30.6. The summed E-state index contributed by atoms with van der Waals surface area (Å²) in [7, 11) is 1.65. The third-order valence-corrected chi connectivity index (χ3v) is 9.61. The minimum Gasteiger partial charge on any atom is -0.378 e. The molecular weight excluding hydrogens is 624 g/mol. The summed E-state index contributed by atoms with van der Waals surface area (Å²) < 4.78 is 3.91. The fraction of sp³-hybridized carbons (Fsp3) is 0.300. The molecule has 0 bridgehead atoms. The molecule has 2 amide bonds. The number of hydrogen-bond acceptors (Lipinski definition) is 6. The van der Waals surface area contributed by atoms with Crippen LogP contribution in [0.5, 0.6) is 0 Å². The number of pyridine rings is 2. The molecule has 0 fully saturated rings. The highest BCUT2D eigenvalue weighted by atomic mass is 16.2. The van der Waals surface area contributed by atoms with E-state index in [0.29, 0.717) is 24.2 Å². The average molecular weight is 673 g/mol. The van der Waals surface area contributed by atoms with Gasteiger partial charge in [0.1, 0.15) is 0 Å². The molecule has 0 atom stereocenters. The number of carbonyl (C=O) groups excluding carboxylic acids is 2. The zero-order chi connectivity index (χ0) is 36.3. The molecule has 0 saturated heterocycles. The molecule has 4 aromatic heterocycles. The summed E-state index contributed by atoms with van der Waals surface area (Å²) in [4.78, 5) is 33.1. The SMILES string of the molecule is CCc1cccc(C)c1CNc1cc(C(=O)NC)cn2c(C)c(C)nc12.Cc1cccc(C)c1CNc1cc(C(N)=O)cn2c(C)c(C)nc12. The molecule has 0 aliphatic carbocycles. The first kappa shape index (κ1) is 35.7. The van der Waals surface area contributed by atoms with Gasteiger partial charge in [-0.3, -0.25) is 9.59 Å².